The lowest BCUT2D eigenvalue weighted by atomic mass is 9.81. The number of likely N-dealkylation sites (tertiary alicyclic amines) is 4. The maximum absolute atomic E-state index is 13.8. The van der Waals surface area contributed by atoms with Gasteiger partial charge in [-0.25, -0.2) is 0 Å². The molecule has 3 N–H and O–H groups in total. The van der Waals surface area contributed by atoms with E-state index in [2.05, 4.69) is 90.2 Å². The van der Waals surface area contributed by atoms with Crippen LogP contribution in [0.4, 0.5) is 0 Å². The third-order valence-electron chi connectivity index (χ3n) is 19.8. The van der Waals surface area contributed by atoms with Crippen LogP contribution in [0.1, 0.15) is 160 Å². The summed E-state index contributed by atoms with van der Waals surface area (Å²) >= 11 is 0. The number of nitrogens with zero attached hydrogens (tertiary/aromatic N) is 7. The summed E-state index contributed by atoms with van der Waals surface area (Å²) in [5.41, 5.74) is 4.41. The number of terminal acetylenes is 1. The molecule has 10 aliphatic rings. The number of carbonyl (C=O) groups is 9. The molecule has 0 aliphatic carbocycles. The average molecular weight is 1490 g/mol. The molecule has 5 fully saturated rings. The van der Waals surface area contributed by atoms with Crippen LogP contribution in [-0.4, -0.2) is 263 Å². The smallest absolute Gasteiger partial charge is 0.270 e. The Hall–Kier alpha value is -8.44. The van der Waals surface area contributed by atoms with E-state index in [9.17, 15) is 43.2 Å². The second-order valence-corrected chi connectivity index (χ2v) is 29.6. The fraction of sp³-hybridized carbons (Fsp3) is 0.593. The molecule has 0 saturated carbocycles. The quantitative estimate of drug-likeness (QED) is 0.0470. The summed E-state index contributed by atoms with van der Waals surface area (Å²) in [7, 11) is 12.5. The minimum atomic E-state index is -0.514. The predicted octanol–water partition coefficient (Wildman–Crippen LogP) is 6.88. The van der Waals surface area contributed by atoms with E-state index >= 15 is 0 Å². The van der Waals surface area contributed by atoms with Gasteiger partial charge in [-0.15, -0.1) is 12.8 Å². The first-order valence-corrected chi connectivity index (χ1v) is 36.2. The Labute approximate surface area is 648 Å². The summed E-state index contributed by atoms with van der Waals surface area (Å²) in [4.78, 5) is 126. The molecular formula is C81H120B3N10O14. The van der Waals surface area contributed by atoms with Crippen LogP contribution in [0, 0.1) is 12.8 Å². The Bertz CT molecular complexity index is 3520. The van der Waals surface area contributed by atoms with Crippen LogP contribution in [0.25, 0.3) is 0 Å². The van der Waals surface area contributed by atoms with E-state index in [4.69, 9.17) is 9.47 Å². The van der Waals surface area contributed by atoms with Gasteiger partial charge in [0, 0.05) is 157 Å². The number of rotatable bonds is 22. The summed E-state index contributed by atoms with van der Waals surface area (Å²) in [6.07, 6.45) is 23.0. The fourth-order valence-electron chi connectivity index (χ4n) is 15.4. The molecule has 2 aromatic rings. The van der Waals surface area contributed by atoms with E-state index in [1.54, 1.807) is 38.2 Å². The summed E-state index contributed by atoms with van der Waals surface area (Å²) in [5.74, 6) is 1.36. The second kappa shape index (κ2) is 43.1. The van der Waals surface area contributed by atoms with Gasteiger partial charge < -0.3 is 83.5 Å². The maximum Gasteiger partial charge on any atom is 0.270 e. The van der Waals surface area contributed by atoms with Gasteiger partial charge in [0.1, 0.15) is 34.3 Å². The molecule has 24 nitrogen and oxygen atoms in total. The van der Waals surface area contributed by atoms with Crippen molar-refractivity contribution in [3.63, 3.8) is 0 Å². The Kier molecular flexibility index (Phi) is 37.4. The van der Waals surface area contributed by atoms with Crippen LogP contribution in [0.5, 0.6) is 0 Å². The van der Waals surface area contributed by atoms with Crippen LogP contribution in [0.3, 0.4) is 0 Å². The van der Waals surface area contributed by atoms with Gasteiger partial charge in [0.15, 0.2) is 5.78 Å². The molecule has 108 heavy (non-hydrogen) atoms. The first-order chi connectivity index (χ1) is 49.5. The number of Topliss-reactive ketones (excluding diaryl/α,β-unsaturated/α-hetero) is 3. The first kappa shape index (κ1) is 93.8. The van der Waals surface area contributed by atoms with Crippen LogP contribution >= 0.6 is 0 Å². The van der Waals surface area contributed by atoms with Crippen molar-refractivity contribution >= 4 is 76.7 Å². The van der Waals surface area contributed by atoms with Crippen molar-refractivity contribution < 1.29 is 66.8 Å². The molecule has 27 heteroatoms. The van der Waals surface area contributed by atoms with Crippen molar-refractivity contribution in [3.05, 3.63) is 131 Å². The van der Waals surface area contributed by atoms with Crippen molar-refractivity contribution in [2.45, 2.75) is 240 Å². The number of benzene rings is 2. The van der Waals surface area contributed by atoms with E-state index in [0.29, 0.717) is 69.7 Å². The van der Waals surface area contributed by atoms with E-state index in [1.165, 1.54) is 21.3 Å². The number of amides is 6. The molecule has 0 aromatic heterocycles. The Morgan fingerprint density at radius 3 is 1.24 bits per heavy atom. The lowest BCUT2D eigenvalue weighted by Gasteiger charge is -2.36. The molecule has 2 aromatic carbocycles. The van der Waals surface area contributed by atoms with Gasteiger partial charge in [-0.05, 0) is 138 Å². The number of hydrogen-bond acceptors (Lipinski definition) is 18. The van der Waals surface area contributed by atoms with Gasteiger partial charge in [0.25, 0.3) is 18.3 Å². The van der Waals surface area contributed by atoms with Crippen molar-refractivity contribution in [3.8, 4) is 12.8 Å². The summed E-state index contributed by atoms with van der Waals surface area (Å²) in [6.45, 7) is 24.5. The highest BCUT2D eigenvalue weighted by Crippen LogP contribution is 2.39. The highest BCUT2D eigenvalue weighted by Gasteiger charge is 2.49. The van der Waals surface area contributed by atoms with Gasteiger partial charge in [-0.3, -0.25) is 33.6 Å². The normalized spacial score (nSPS) is 24.8. The van der Waals surface area contributed by atoms with E-state index in [0.717, 1.165) is 86.6 Å². The van der Waals surface area contributed by atoms with E-state index < -0.39 is 12.1 Å². The second-order valence-electron chi connectivity index (χ2n) is 29.6. The largest absolute Gasteiger partial charge is 0.490 e. The zero-order chi connectivity index (χ0) is 76.3. The summed E-state index contributed by atoms with van der Waals surface area (Å²) in [6, 6.07) is 19.4. The van der Waals surface area contributed by atoms with E-state index in [-0.39, 0.29) is 156 Å². The number of ketones is 3. The molecule has 5 saturated heterocycles. The molecule has 7 radical (unpaired) electrons. The monoisotopic (exact) mass is 1490 g/mol. The summed E-state index contributed by atoms with van der Waals surface area (Å²) in [5, 5.41) is 9.13. The topological polar surface area (TPSA) is 259 Å². The zero-order valence-corrected chi connectivity index (χ0v) is 63.7. The van der Waals surface area contributed by atoms with Crippen molar-refractivity contribution in [1.29, 1.82) is 0 Å². The molecular weight excluding hydrogens is 1370 g/mol. The lowest BCUT2D eigenvalue weighted by molar-refractivity contribution is -0.252. The molecule has 587 valence electrons. The van der Waals surface area contributed by atoms with Gasteiger partial charge in [-0.1, -0.05) is 82.9 Å². The van der Waals surface area contributed by atoms with Crippen molar-refractivity contribution in [2.24, 2.45) is 0 Å². The molecule has 10 aliphatic heterocycles. The van der Waals surface area contributed by atoms with Crippen molar-refractivity contribution in [2.75, 3.05) is 73.7 Å². The zero-order valence-electron chi connectivity index (χ0n) is 63.7. The van der Waals surface area contributed by atoms with Crippen LogP contribution in [0.2, 0.25) is 0 Å². The van der Waals surface area contributed by atoms with Gasteiger partial charge in [-0.2, -0.15) is 0 Å². The number of ether oxygens (including phenoxy) is 5. The first-order valence-electron chi connectivity index (χ1n) is 36.2. The minimum Gasteiger partial charge on any atom is -0.490 e. The van der Waals surface area contributed by atoms with Gasteiger partial charge >= 0.3 is 0 Å². The molecule has 10 heterocycles. The Morgan fingerprint density at radius 2 is 0.889 bits per heavy atom. The Balaban J connectivity index is 0.000000415. The molecule has 12 rings (SSSR count). The lowest BCUT2D eigenvalue weighted by Crippen LogP contribution is -2.48. The molecule has 2 unspecified atom stereocenters. The minimum absolute atomic E-state index is 0. The average Bonchev–Trinajstić information content (AvgIpc) is 1.62. The summed E-state index contributed by atoms with van der Waals surface area (Å²) < 4.78 is 26.0. The van der Waals surface area contributed by atoms with Crippen LogP contribution in [0.15, 0.2) is 120 Å². The molecule has 6 amide bonds. The van der Waals surface area contributed by atoms with Crippen LogP contribution < -0.4 is 16.0 Å². The molecule has 0 bridgehead atoms. The van der Waals surface area contributed by atoms with Crippen molar-refractivity contribution in [1.82, 2.24) is 50.2 Å². The van der Waals surface area contributed by atoms with Gasteiger partial charge in [0.05, 0.1) is 60.8 Å². The SMILES string of the molecule is C.C.C.C#C.CC(=O)CC[C@H]1C(OC(C)(C)C)=CC(=O)N1[C@H]1CCN(C2=CC(=O)N(C3CCN(C4=CC(=O)N[C@H]4C)C3)[C@H]2Cc2ccccc2)C1.CC(=O)CC[C@H]1C(OC(C)(C)C)=CC(=O)N1[C@H]1CCNC1.COC(OC)OC.C[C@@H]1NC(=O)C=C1N1CCC(N2C(=O)CC(=O)[C@@H]2Cc2ccccc2)C1.[B].[B][B]. The maximum atomic E-state index is 13.8. The molecule has 10 atom stereocenters. The van der Waals surface area contributed by atoms with Crippen LogP contribution in [-0.2, 0) is 79.7 Å². The Morgan fingerprint density at radius 1 is 0.519 bits per heavy atom. The molecule has 0 spiro atoms. The highest BCUT2D eigenvalue weighted by atomic mass is 16.8. The third kappa shape index (κ3) is 24.8. The number of methoxy groups -OCH3 is 3. The predicted molar refractivity (Wildman–Crippen MR) is 423 cm³/mol. The van der Waals surface area contributed by atoms with Gasteiger partial charge in [0.2, 0.25) is 23.6 Å². The fourth-order valence-corrected chi connectivity index (χ4v) is 15.4. The number of carbonyl (C=O) groups excluding carboxylic acids is 9. The standard InChI is InChI=1S/C36H47N5O5.C20H23N3O3.C16H26N2O3.C4H10O3.C2H2.3CH4.B2.B/c1-23(42)11-12-28-32(46-36(3,4)5)20-35(45)40(28)26-14-16-39(22-26)30-19-34(44)41(31(30)17-25-9-7-6-8-10-25)27-13-15-38(21-27)29-18-33(43)37-24(29)2;1-13-16(10-19(25)21-13)22-8-7-15(12-22)23-17(18(24)11-20(23)26)9-14-5-3-2-4-6-14;1-11(19)5-6-13-14(21-16(2,3)4)9-15(20)18(13)12-7-8-17-10-12;1-5-4(6-2)7-3;1-2;;;;1-2;/h6-10,18-20,24,26-28,31H,11-17,21-22H2,1-5H3,(H,37,43);2-6,10,13,15,17H,7-9,11-12H2,1H3,(H,21,25);9,12-13,17H,5-8,10H2,1-4H3;4H,1-3H3;1-2H;3*1H4;;/t24-,26-,27?,28-,31-;13-,15?,17-;12-,13-;;;;;;;/m000......./s1. The van der Waals surface area contributed by atoms with E-state index in [1.807, 2.05) is 125 Å². The number of hydrogen-bond donors (Lipinski definition) is 3. The third-order valence-corrected chi connectivity index (χ3v) is 19.8. The number of nitrogens with one attached hydrogen (secondary N) is 3. The highest BCUT2D eigenvalue weighted by molar-refractivity contribution is 6.75.